The zero-order valence-electron chi connectivity index (χ0n) is 43.5. The fraction of sp³-hybridized carbons (Fsp3) is 0.377. The molecule has 0 saturated heterocycles. The molecule has 9 amide bonds. The first-order valence-electron chi connectivity index (χ1n) is 25.4. The first kappa shape index (κ1) is 59.6. The SMILES string of the molecule is CCCC[C@H](NC(C)=O)C(=O)N(c1ccc(O)cc1)[C@@H](CCC(N)=O)C(=O)N[C@@H](Cc1cnc[nH]1)C(=O)N[C@H](Cc1ccccc1)C(=O)N[C@@H](CCCN=C(N)N)C(=O)N[C@@H](Cc1c[nH]c2ccccc12)C(=O)NCC(N)=O. The van der Waals surface area contributed by atoms with Crippen LogP contribution in [0, 0.1) is 0 Å². The van der Waals surface area contributed by atoms with E-state index in [9.17, 15) is 48.3 Å². The van der Waals surface area contributed by atoms with Crippen LogP contribution in [-0.2, 0) is 62.4 Å². The van der Waals surface area contributed by atoms with Gasteiger partial charge in [0.1, 0.15) is 42.0 Å². The molecule has 0 fully saturated rings. The molecule has 0 radical (unpaired) electrons. The molecule has 2 aromatic heterocycles. The van der Waals surface area contributed by atoms with Crippen molar-refractivity contribution in [2.45, 2.75) is 114 Å². The summed E-state index contributed by atoms with van der Waals surface area (Å²) in [6, 6.07) is 12.9. The topological polar surface area (TPSA) is 410 Å². The van der Waals surface area contributed by atoms with Gasteiger partial charge in [-0.1, -0.05) is 68.3 Å². The van der Waals surface area contributed by atoms with E-state index in [2.05, 4.69) is 51.8 Å². The molecule has 5 rings (SSSR count). The van der Waals surface area contributed by atoms with Crippen molar-refractivity contribution in [1.82, 2.24) is 46.9 Å². The molecular formula is C53H69N15O10. The van der Waals surface area contributed by atoms with Crippen LogP contribution in [0.4, 0.5) is 5.69 Å². The number of aromatic hydroxyl groups is 1. The van der Waals surface area contributed by atoms with Crippen LogP contribution >= 0.6 is 0 Å². The fourth-order valence-electron chi connectivity index (χ4n) is 8.58. The van der Waals surface area contributed by atoms with Gasteiger partial charge >= 0.3 is 0 Å². The number of phenols is 1. The molecule has 0 aliphatic carbocycles. The highest BCUT2D eigenvalue weighted by Crippen LogP contribution is 2.26. The number of nitrogens with one attached hydrogen (secondary N) is 8. The van der Waals surface area contributed by atoms with Gasteiger partial charge in [0, 0.05) is 73.8 Å². The summed E-state index contributed by atoms with van der Waals surface area (Å²) < 4.78 is 0. The third-order valence-corrected chi connectivity index (χ3v) is 12.4. The molecule has 6 atom stereocenters. The average molecular weight is 1080 g/mol. The van der Waals surface area contributed by atoms with Crippen molar-refractivity contribution in [2.75, 3.05) is 18.0 Å². The van der Waals surface area contributed by atoms with Gasteiger partial charge in [0.25, 0.3) is 0 Å². The fourth-order valence-corrected chi connectivity index (χ4v) is 8.58. The summed E-state index contributed by atoms with van der Waals surface area (Å²) in [5.41, 5.74) is 24.6. The van der Waals surface area contributed by atoms with Gasteiger partial charge in [-0.25, -0.2) is 4.98 Å². The van der Waals surface area contributed by atoms with Gasteiger partial charge < -0.3 is 69.9 Å². The zero-order chi connectivity index (χ0) is 56.7. The number of rotatable bonds is 31. The number of fused-ring (bicyclic) bond motifs is 1. The molecule has 25 nitrogen and oxygen atoms in total. The number of nitrogens with two attached hydrogens (primary N) is 4. The Morgan fingerprint density at radius 2 is 1.27 bits per heavy atom. The van der Waals surface area contributed by atoms with Gasteiger partial charge in [-0.2, -0.15) is 0 Å². The maximum Gasteiger partial charge on any atom is 0.250 e. The van der Waals surface area contributed by atoms with Gasteiger partial charge in [0.15, 0.2) is 5.96 Å². The maximum atomic E-state index is 14.9. The van der Waals surface area contributed by atoms with E-state index < -0.39 is 102 Å². The number of hydrogen-bond donors (Lipinski definition) is 13. The predicted octanol–water partition coefficient (Wildman–Crippen LogP) is -0.419. The zero-order valence-corrected chi connectivity index (χ0v) is 43.5. The number of unbranched alkanes of at least 4 members (excludes halogenated alkanes) is 1. The minimum Gasteiger partial charge on any atom is -0.508 e. The van der Waals surface area contributed by atoms with E-state index in [0.717, 1.165) is 15.8 Å². The number of aliphatic imine (C=N–C) groups is 1. The Kier molecular flexibility index (Phi) is 22.7. The van der Waals surface area contributed by atoms with Gasteiger partial charge in [-0.05, 0) is 67.1 Å². The Morgan fingerprint density at radius 3 is 1.90 bits per heavy atom. The number of phenolic OH excluding ortho intramolecular Hbond substituents is 1. The van der Waals surface area contributed by atoms with Gasteiger partial charge in [-0.15, -0.1) is 0 Å². The minimum atomic E-state index is -1.55. The van der Waals surface area contributed by atoms with Gasteiger partial charge in [-0.3, -0.25) is 53.0 Å². The van der Waals surface area contributed by atoms with Crippen molar-refractivity contribution in [1.29, 1.82) is 0 Å². The second kappa shape index (κ2) is 29.7. The number of carbonyl (C=O) groups excluding carboxylic acids is 9. The highest BCUT2D eigenvalue weighted by Gasteiger charge is 2.38. The van der Waals surface area contributed by atoms with Crippen LogP contribution in [0.15, 0.2) is 103 Å². The predicted molar refractivity (Wildman–Crippen MR) is 289 cm³/mol. The Bertz CT molecular complexity index is 2870. The van der Waals surface area contributed by atoms with Gasteiger partial charge in [0.05, 0.1) is 12.9 Å². The monoisotopic (exact) mass is 1080 g/mol. The first-order chi connectivity index (χ1) is 37.3. The number of aromatic nitrogens is 3. The van der Waals surface area contributed by atoms with E-state index >= 15 is 0 Å². The van der Waals surface area contributed by atoms with E-state index in [4.69, 9.17) is 22.9 Å². The van der Waals surface area contributed by atoms with Crippen LogP contribution in [0.3, 0.4) is 0 Å². The highest BCUT2D eigenvalue weighted by molar-refractivity contribution is 6.05. The number of anilines is 1. The molecule has 0 aliphatic heterocycles. The van der Waals surface area contributed by atoms with E-state index in [1.807, 2.05) is 25.1 Å². The lowest BCUT2D eigenvalue weighted by molar-refractivity contribution is -0.135. The summed E-state index contributed by atoms with van der Waals surface area (Å²) >= 11 is 0. The number of para-hydroxylation sites is 1. The molecule has 0 aliphatic rings. The number of nitrogens with zero attached hydrogens (tertiary/aromatic N) is 3. The number of aromatic amines is 2. The quantitative estimate of drug-likeness (QED) is 0.0153. The lowest BCUT2D eigenvalue weighted by Crippen LogP contribution is -2.61. The second-order valence-electron chi connectivity index (χ2n) is 18.6. The summed E-state index contributed by atoms with van der Waals surface area (Å²) in [4.78, 5) is 139. The van der Waals surface area contributed by atoms with E-state index in [-0.39, 0.29) is 68.9 Å². The molecule has 0 unspecified atom stereocenters. The van der Waals surface area contributed by atoms with Crippen LogP contribution in [0.1, 0.15) is 75.6 Å². The molecule has 5 aromatic rings. The standard InChI is InChI=1S/C53H69N15O10/c1-3-4-14-40(63-31(2)69)52(78)68(35-17-19-36(70)20-18-35)44(21-22-45(54)71)51(77)67-43(26-34-28-58-30-62-34)50(76)65-41(24-32-11-6-5-7-12-32)49(75)64-39(16-10-23-59-53(56)57)48(74)66-42(47(73)61-29-46(55)72)25-33-27-60-38-15-9-8-13-37(33)38/h5-9,11-13,15,17-20,27-28,30,39-44,60,70H,3-4,10,14,16,21-26,29H2,1-2H3,(H2,54,71)(H2,55,72)(H,58,62)(H,61,73)(H,63,69)(H,64,75)(H,65,76)(H,66,74)(H,67,77)(H4,56,57,59)/t39-,40-,41+,42-,43-,44-/m0/s1. The van der Waals surface area contributed by atoms with Crippen LogP contribution in [0.5, 0.6) is 5.75 Å². The van der Waals surface area contributed by atoms with Crippen LogP contribution in [0.25, 0.3) is 10.9 Å². The van der Waals surface area contributed by atoms with Crippen molar-refractivity contribution < 1.29 is 48.3 Å². The van der Waals surface area contributed by atoms with E-state index in [1.54, 1.807) is 42.6 Å². The molecule has 416 valence electrons. The number of guanidine groups is 1. The Morgan fingerprint density at radius 1 is 0.654 bits per heavy atom. The largest absolute Gasteiger partial charge is 0.508 e. The number of H-pyrrole nitrogens is 2. The van der Waals surface area contributed by atoms with Crippen LogP contribution in [-0.4, -0.2) is 129 Å². The van der Waals surface area contributed by atoms with Crippen molar-refractivity contribution in [2.24, 2.45) is 27.9 Å². The Balaban J connectivity index is 1.50. The molecule has 17 N–H and O–H groups in total. The average Bonchev–Trinajstić information content (AvgIpc) is 4.08. The number of amides is 9. The molecular weight excluding hydrogens is 1010 g/mol. The normalized spacial score (nSPS) is 13.3. The summed E-state index contributed by atoms with van der Waals surface area (Å²) in [5, 5.41) is 27.0. The summed E-state index contributed by atoms with van der Waals surface area (Å²) in [7, 11) is 0. The number of carbonyl (C=O) groups is 9. The molecule has 3 aromatic carbocycles. The Labute approximate surface area is 449 Å². The van der Waals surface area contributed by atoms with Crippen LogP contribution in [0.2, 0.25) is 0 Å². The van der Waals surface area contributed by atoms with Crippen molar-refractivity contribution in [3.05, 3.63) is 114 Å². The summed E-state index contributed by atoms with van der Waals surface area (Å²) in [6.45, 7) is 2.65. The maximum absolute atomic E-state index is 14.9. The second-order valence-corrected chi connectivity index (χ2v) is 18.6. The summed E-state index contributed by atoms with van der Waals surface area (Å²) in [5.74, 6) is -7.50. The highest BCUT2D eigenvalue weighted by atomic mass is 16.3. The summed E-state index contributed by atoms with van der Waals surface area (Å²) in [6.07, 6.45) is 4.66. The molecule has 2 heterocycles. The third-order valence-electron chi connectivity index (χ3n) is 12.4. The third kappa shape index (κ3) is 18.5. The minimum absolute atomic E-state index is 0.0435. The number of primary amides is 2. The molecule has 0 bridgehead atoms. The molecule has 78 heavy (non-hydrogen) atoms. The van der Waals surface area contributed by atoms with Gasteiger partial charge in [0.2, 0.25) is 53.2 Å². The molecule has 0 spiro atoms. The number of imidazole rings is 1. The molecule has 0 saturated carbocycles. The van der Waals surface area contributed by atoms with Crippen molar-refractivity contribution in [3.63, 3.8) is 0 Å². The number of hydrogen-bond acceptors (Lipinski definition) is 12. The van der Waals surface area contributed by atoms with Crippen molar-refractivity contribution in [3.8, 4) is 5.75 Å². The lowest BCUT2D eigenvalue weighted by atomic mass is 10.0. The van der Waals surface area contributed by atoms with E-state index in [0.29, 0.717) is 29.7 Å². The smallest absolute Gasteiger partial charge is 0.250 e. The first-order valence-corrected chi connectivity index (χ1v) is 25.4. The lowest BCUT2D eigenvalue weighted by Gasteiger charge is -2.35. The van der Waals surface area contributed by atoms with E-state index in [1.165, 1.54) is 43.7 Å². The number of benzene rings is 3. The van der Waals surface area contributed by atoms with Crippen molar-refractivity contribution >= 4 is 75.7 Å². The Hall–Kier alpha value is -9.29. The molecule has 25 heteroatoms. The van der Waals surface area contributed by atoms with Crippen LogP contribution < -0.4 is 59.7 Å².